The molecule has 1 amide bonds. The van der Waals surface area contributed by atoms with Gasteiger partial charge in [-0.2, -0.15) is 5.10 Å². The van der Waals surface area contributed by atoms with E-state index in [4.69, 9.17) is 9.47 Å². The van der Waals surface area contributed by atoms with Crippen molar-refractivity contribution in [3.8, 4) is 17.2 Å². The minimum absolute atomic E-state index is 0.0351. The number of aromatic nitrogens is 1. The molecule has 0 radical (unpaired) electrons. The lowest BCUT2D eigenvalue weighted by molar-refractivity contribution is -0.119. The molecule has 3 aromatic carbocycles. The van der Waals surface area contributed by atoms with E-state index >= 15 is 0 Å². The van der Waals surface area contributed by atoms with Crippen LogP contribution < -0.4 is 19.2 Å². The largest absolute Gasteiger partial charge is 0.497 e. The molecule has 0 aliphatic rings. The molecule has 0 saturated heterocycles. The summed E-state index contributed by atoms with van der Waals surface area (Å²) in [5.74, 6) is 0.0932. The molecule has 0 unspecified atom stereocenters. The fourth-order valence-corrected chi connectivity index (χ4v) is 5.98. The molecule has 0 fully saturated rings. The Balaban J connectivity index is 1.60. The molecular formula is C31H34N4O5S. The van der Waals surface area contributed by atoms with E-state index in [-0.39, 0.29) is 16.3 Å². The molecule has 1 N–H and O–H groups in total. The molecule has 0 bridgehead atoms. The number of carbonyl (C=O) groups is 1. The second kappa shape index (κ2) is 12.3. The number of hydrazone groups is 1. The third-order valence-electron chi connectivity index (χ3n) is 6.89. The van der Waals surface area contributed by atoms with Gasteiger partial charge in [0.15, 0.2) is 0 Å². The van der Waals surface area contributed by atoms with Crippen molar-refractivity contribution in [3.63, 3.8) is 0 Å². The van der Waals surface area contributed by atoms with Crippen LogP contribution in [0.3, 0.4) is 0 Å². The molecule has 4 rings (SSSR count). The highest BCUT2D eigenvalue weighted by Crippen LogP contribution is 2.35. The van der Waals surface area contributed by atoms with Crippen LogP contribution in [-0.2, 0) is 14.8 Å². The first-order valence-corrected chi connectivity index (χ1v) is 14.4. The maximum Gasteiger partial charge on any atom is 0.264 e. The molecule has 214 valence electrons. The molecule has 0 aliphatic heterocycles. The van der Waals surface area contributed by atoms with E-state index in [1.807, 2.05) is 19.9 Å². The fourth-order valence-electron chi connectivity index (χ4n) is 4.53. The summed E-state index contributed by atoms with van der Waals surface area (Å²) in [6.07, 6.45) is 1.56. The predicted molar refractivity (Wildman–Crippen MR) is 161 cm³/mol. The summed E-state index contributed by atoms with van der Waals surface area (Å²) in [5.41, 5.74) is 8.93. The van der Waals surface area contributed by atoms with Crippen molar-refractivity contribution >= 4 is 27.8 Å². The molecule has 0 aliphatic carbocycles. The number of sulfonamides is 1. The maximum absolute atomic E-state index is 13.7. The third-order valence-corrected chi connectivity index (χ3v) is 8.66. The predicted octanol–water partition coefficient (Wildman–Crippen LogP) is 5.07. The number of nitrogens with zero attached hydrogens (tertiary/aromatic N) is 3. The molecule has 0 saturated carbocycles. The summed E-state index contributed by atoms with van der Waals surface area (Å²) < 4.78 is 41.2. The first kappa shape index (κ1) is 29.4. The van der Waals surface area contributed by atoms with Crippen LogP contribution >= 0.6 is 0 Å². The average molecular weight is 575 g/mol. The number of amides is 1. The SMILES string of the molecule is COc1ccc(N(CC(=O)N/N=C/c2cc(C)n(-c3ccc(C)c(C)c3)c2C)S(=O)(=O)c2ccccc2)c(OC)c1. The maximum atomic E-state index is 13.7. The number of aryl methyl sites for hydroxylation is 3. The van der Waals surface area contributed by atoms with Gasteiger partial charge in [-0.3, -0.25) is 9.10 Å². The summed E-state index contributed by atoms with van der Waals surface area (Å²) in [7, 11) is -1.21. The van der Waals surface area contributed by atoms with Gasteiger partial charge in [-0.05, 0) is 81.3 Å². The van der Waals surface area contributed by atoms with Crippen molar-refractivity contribution in [3.05, 3.63) is 101 Å². The zero-order valence-corrected chi connectivity index (χ0v) is 24.8. The molecule has 41 heavy (non-hydrogen) atoms. The quantitative estimate of drug-likeness (QED) is 0.210. The van der Waals surface area contributed by atoms with E-state index in [0.29, 0.717) is 5.75 Å². The number of carbonyl (C=O) groups excluding carboxylic acids is 1. The number of ether oxygens (including phenoxy) is 2. The summed E-state index contributed by atoms with van der Waals surface area (Å²) in [5, 5.41) is 4.14. The molecule has 9 nitrogen and oxygen atoms in total. The van der Waals surface area contributed by atoms with Crippen LogP contribution in [-0.4, -0.2) is 45.9 Å². The van der Waals surface area contributed by atoms with Crippen LogP contribution in [0.5, 0.6) is 11.5 Å². The van der Waals surface area contributed by atoms with Crippen molar-refractivity contribution in [2.45, 2.75) is 32.6 Å². The number of methoxy groups -OCH3 is 2. The minimum atomic E-state index is -4.13. The van der Waals surface area contributed by atoms with E-state index in [9.17, 15) is 13.2 Å². The van der Waals surface area contributed by atoms with E-state index in [0.717, 1.165) is 26.9 Å². The summed E-state index contributed by atoms with van der Waals surface area (Å²) >= 11 is 0. The molecule has 0 atom stereocenters. The Hall–Kier alpha value is -4.57. The number of anilines is 1. The molecule has 4 aromatic rings. The van der Waals surface area contributed by atoms with Crippen LogP contribution in [0.4, 0.5) is 5.69 Å². The van der Waals surface area contributed by atoms with Gasteiger partial charge in [0.05, 0.1) is 31.0 Å². The zero-order chi connectivity index (χ0) is 29.7. The second-order valence-corrected chi connectivity index (χ2v) is 11.4. The minimum Gasteiger partial charge on any atom is -0.497 e. The Labute approximate surface area is 241 Å². The highest BCUT2D eigenvalue weighted by Gasteiger charge is 2.29. The zero-order valence-electron chi connectivity index (χ0n) is 24.0. The number of hydrogen-bond donors (Lipinski definition) is 1. The van der Waals surface area contributed by atoms with Gasteiger partial charge >= 0.3 is 0 Å². The molecular weight excluding hydrogens is 540 g/mol. The van der Waals surface area contributed by atoms with Crippen molar-refractivity contribution in [2.24, 2.45) is 5.10 Å². The molecule has 1 aromatic heterocycles. The first-order valence-electron chi connectivity index (χ1n) is 12.9. The van der Waals surface area contributed by atoms with Crippen LogP contribution in [0.15, 0.2) is 82.8 Å². The van der Waals surface area contributed by atoms with Gasteiger partial charge in [0.1, 0.15) is 18.0 Å². The van der Waals surface area contributed by atoms with Crippen LogP contribution in [0, 0.1) is 27.7 Å². The number of hydrogen-bond acceptors (Lipinski definition) is 6. The normalized spacial score (nSPS) is 11.5. The first-order chi connectivity index (χ1) is 19.6. The van der Waals surface area contributed by atoms with E-state index in [1.165, 1.54) is 43.5 Å². The van der Waals surface area contributed by atoms with Gasteiger partial charge in [-0.1, -0.05) is 24.3 Å². The Morgan fingerprint density at radius 3 is 2.32 bits per heavy atom. The van der Waals surface area contributed by atoms with Gasteiger partial charge in [-0.25, -0.2) is 13.8 Å². The Kier molecular flexibility index (Phi) is 8.83. The van der Waals surface area contributed by atoms with Crippen LogP contribution in [0.25, 0.3) is 5.69 Å². The standard InChI is InChI=1S/C31H34N4O5S/c1-21-12-13-26(16-22(21)2)35-23(3)17-25(24(35)4)19-32-33-31(36)20-34(41(37,38)28-10-8-7-9-11-28)29-15-14-27(39-5)18-30(29)40-6/h7-19H,20H2,1-6H3,(H,33,36)/b32-19+. The van der Waals surface area contributed by atoms with Gasteiger partial charge in [-0.15, -0.1) is 0 Å². The van der Waals surface area contributed by atoms with Gasteiger partial charge in [0.25, 0.3) is 15.9 Å². The van der Waals surface area contributed by atoms with E-state index in [1.54, 1.807) is 36.5 Å². The van der Waals surface area contributed by atoms with Crippen molar-refractivity contribution in [1.82, 2.24) is 9.99 Å². The Morgan fingerprint density at radius 1 is 0.927 bits per heavy atom. The third kappa shape index (κ3) is 6.28. The topological polar surface area (TPSA) is 102 Å². The highest BCUT2D eigenvalue weighted by molar-refractivity contribution is 7.92. The summed E-state index contributed by atoms with van der Waals surface area (Å²) in [4.78, 5) is 13.1. The van der Waals surface area contributed by atoms with Crippen molar-refractivity contribution in [1.29, 1.82) is 0 Å². The fraction of sp³-hybridized carbons (Fsp3) is 0.226. The Morgan fingerprint density at radius 2 is 1.66 bits per heavy atom. The monoisotopic (exact) mass is 574 g/mol. The van der Waals surface area contributed by atoms with Crippen molar-refractivity contribution in [2.75, 3.05) is 25.1 Å². The second-order valence-electron chi connectivity index (χ2n) is 9.59. The lowest BCUT2D eigenvalue weighted by Crippen LogP contribution is -2.39. The number of nitrogens with one attached hydrogen (secondary N) is 1. The van der Waals surface area contributed by atoms with Crippen LogP contribution in [0.2, 0.25) is 0 Å². The number of benzene rings is 3. The highest BCUT2D eigenvalue weighted by atomic mass is 32.2. The summed E-state index contributed by atoms with van der Waals surface area (Å²) in [6.45, 7) is 7.61. The Bertz CT molecular complexity index is 1700. The smallest absolute Gasteiger partial charge is 0.264 e. The van der Waals surface area contributed by atoms with Gasteiger partial charge in [0.2, 0.25) is 0 Å². The van der Waals surface area contributed by atoms with Gasteiger partial charge < -0.3 is 14.0 Å². The van der Waals surface area contributed by atoms with Crippen molar-refractivity contribution < 1.29 is 22.7 Å². The lowest BCUT2D eigenvalue weighted by atomic mass is 10.1. The van der Waals surface area contributed by atoms with Crippen LogP contribution in [0.1, 0.15) is 28.1 Å². The molecule has 10 heteroatoms. The van der Waals surface area contributed by atoms with Gasteiger partial charge in [0, 0.05) is 28.7 Å². The molecule has 1 heterocycles. The number of rotatable bonds is 10. The summed E-state index contributed by atoms with van der Waals surface area (Å²) in [6, 6.07) is 20.9. The lowest BCUT2D eigenvalue weighted by Gasteiger charge is -2.25. The molecule has 0 spiro atoms. The van der Waals surface area contributed by atoms with E-state index < -0.39 is 22.5 Å². The van der Waals surface area contributed by atoms with E-state index in [2.05, 4.69) is 47.1 Å². The average Bonchev–Trinajstić information content (AvgIpc) is 3.25.